The van der Waals surface area contributed by atoms with Gasteiger partial charge in [0.15, 0.2) is 0 Å². The van der Waals surface area contributed by atoms with E-state index in [4.69, 9.17) is 39.5 Å². The Morgan fingerprint density at radius 1 is 1.07 bits per heavy atom. The van der Waals surface area contributed by atoms with E-state index in [0.717, 1.165) is 60.6 Å². The molecular weight excluding hydrogens is 429 g/mol. The Balaban J connectivity index is 1.69. The van der Waals surface area contributed by atoms with Gasteiger partial charge < -0.3 is 9.30 Å². The van der Waals surface area contributed by atoms with Gasteiger partial charge in [-0.15, -0.1) is 0 Å². The van der Waals surface area contributed by atoms with Crippen LogP contribution < -0.4 is 0 Å². The van der Waals surface area contributed by atoms with Crippen molar-refractivity contribution in [3.63, 3.8) is 0 Å². The molecule has 0 spiro atoms. The molecule has 0 unspecified atom stereocenters. The van der Waals surface area contributed by atoms with Gasteiger partial charge in [0.25, 0.3) is 0 Å². The number of nitriles is 1. The van der Waals surface area contributed by atoms with Crippen LogP contribution in [0.4, 0.5) is 0 Å². The normalized spacial score (nSPS) is 15.0. The predicted molar refractivity (Wildman–Crippen MR) is 118 cm³/mol. The van der Waals surface area contributed by atoms with Crippen molar-refractivity contribution in [2.45, 2.75) is 13.0 Å². The minimum Gasteiger partial charge on any atom is -0.379 e. The second-order valence-electron chi connectivity index (χ2n) is 7.26. The highest BCUT2D eigenvalue weighted by Gasteiger charge is 2.18. The van der Waals surface area contributed by atoms with E-state index in [2.05, 4.69) is 11.0 Å². The number of rotatable bonds is 4. The number of hydrogen-bond donors (Lipinski definition) is 0. The van der Waals surface area contributed by atoms with E-state index < -0.39 is 0 Å². The number of aryl methyl sites for hydroxylation is 1. The smallest absolute Gasteiger partial charge is 0.0992 e. The van der Waals surface area contributed by atoms with Crippen LogP contribution in [0.15, 0.2) is 30.3 Å². The number of hydrogen-bond acceptors (Lipinski definition) is 3. The number of halogens is 3. The summed E-state index contributed by atoms with van der Waals surface area (Å²) in [5.74, 6) is 0. The van der Waals surface area contributed by atoms with Gasteiger partial charge in [-0.25, -0.2) is 0 Å². The Kier molecular flexibility index (Phi) is 6.06. The van der Waals surface area contributed by atoms with E-state index >= 15 is 0 Å². The number of benzene rings is 2. The van der Waals surface area contributed by atoms with Crippen molar-refractivity contribution in [2.24, 2.45) is 7.05 Å². The Morgan fingerprint density at radius 3 is 2.55 bits per heavy atom. The van der Waals surface area contributed by atoms with Gasteiger partial charge in [0.2, 0.25) is 0 Å². The van der Waals surface area contributed by atoms with E-state index in [0.29, 0.717) is 27.1 Å². The number of fused-ring (bicyclic) bond motifs is 1. The molecule has 2 heterocycles. The quantitative estimate of drug-likeness (QED) is 0.534. The van der Waals surface area contributed by atoms with E-state index in [9.17, 15) is 5.26 Å². The maximum atomic E-state index is 9.23. The summed E-state index contributed by atoms with van der Waals surface area (Å²) in [6.07, 6.45) is 0.581. The molecule has 0 aliphatic carbocycles. The van der Waals surface area contributed by atoms with E-state index in [-0.39, 0.29) is 0 Å². The Hall–Kier alpha value is -1.74. The zero-order valence-electron chi connectivity index (χ0n) is 16.0. The first-order chi connectivity index (χ1) is 14.0. The first-order valence-corrected chi connectivity index (χ1v) is 10.5. The Labute approximate surface area is 185 Å². The molecule has 1 aliphatic rings. The minimum atomic E-state index is 0.541. The van der Waals surface area contributed by atoms with E-state index in [1.54, 1.807) is 6.07 Å². The summed E-state index contributed by atoms with van der Waals surface area (Å²) in [4.78, 5) is 2.34. The van der Waals surface area contributed by atoms with Crippen LogP contribution in [0.25, 0.3) is 10.9 Å². The molecule has 1 fully saturated rings. The summed E-state index contributed by atoms with van der Waals surface area (Å²) in [5.41, 5.74) is 4.46. The van der Waals surface area contributed by atoms with Crippen molar-refractivity contribution in [3.05, 3.63) is 67.8 Å². The molecule has 0 saturated carbocycles. The highest BCUT2D eigenvalue weighted by molar-refractivity contribution is 6.36. The maximum absolute atomic E-state index is 9.23. The molecule has 2 aromatic carbocycles. The third-order valence-corrected chi connectivity index (χ3v) is 6.60. The number of aromatic nitrogens is 1. The topological polar surface area (TPSA) is 41.2 Å². The van der Waals surface area contributed by atoms with Gasteiger partial charge in [0.05, 0.1) is 40.4 Å². The lowest BCUT2D eigenvalue weighted by Crippen LogP contribution is -2.35. The van der Waals surface area contributed by atoms with E-state index in [1.165, 1.54) is 0 Å². The summed E-state index contributed by atoms with van der Waals surface area (Å²) in [6.45, 7) is 4.08. The fourth-order valence-electron chi connectivity index (χ4n) is 3.79. The molecule has 0 bridgehead atoms. The van der Waals surface area contributed by atoms with Gasteiger partial charge in [-0.05, 0) is 35.4 Å². The third kappa shape index (κ3) is 4.12. The minimum absolute atomic E-state index is 0.541. The fraction of sp³-hybridized carbons (Fsp3) is 0.318. The largest absolute Gasteiger partial charge is 0.379 e. The van der Waals surface area contributed by atoms with Crippen molar-refractivity contribution in [1.29, 1.82) is 5.26 Å². The van der Waals surface area contributed by atoms with Crippen LogP contribution in [0.3, 0.4) is 0 Å². The number of ether oxygens (including phenoxy) is 1. The molecule has 0 radical (unpaired) electrons. The zero-order valence-corrected chi connectivity index (χ0v) is 18.3. The van der Waals surface area contributed by atoms with Crippen LogP contribution in [-0.4, -0.2) is 35.8 Å². The lowest BCUT2D eigenvalue weighted by molar-refractivity contribution is 0.0342. The molecule has 4 rings (SSSR count). The first kappa shape index (κ1) is 20.5. The second-order valence-corrected chi connectivity index (χ2v) is 8.45. The van der Waals surface area contributed by atoms with Crippen molar-refractivity contribution in [1.82, 2.24) is 9.47 Å². The molecule has 4 nitrogen and oxygen atoms in total. The third-order valence-electron chi connectivity index (χ3n) is 5.46. The monoisotopic (exact) mass is 447 g/mol. The van der Waals surface area contributed by atoms with Crippen LogP contribution in [0.2, 0.25) is 15.1 Å². The molecule has 29 heavy (non-hydrogen) atoms. The van der Waals surface area contributed by atoms with Crippen molar-refractivity contribution in [2.75, 3.05) is 26.3 Å². The summed E-state index contributed by atoms with van der Waals surface area (Å²) in [5, 5.41) is 12.1. The van der Waals surface area contributed by atoms with Crippen LogP contribution >= 0.6 is 34.8 Å². The average molecular weight is 449 g/mol. The van der Waals surface area contributed by atoms with E-state index in [1.807, 2.05) is 35.9 Å². The fourth-order valence-corrected chi connectivity index (χ4v) is 4.62. The van der Waals surface area contributed by atoms with Crippen LogP contribution in [0, 0.1) is 11.3 Å². The highest BCUT2D eigenvalue weighted by Crippen LogP contribution is 2.34. The molecule has 0 N–H and O–H groups in total. The molecule has 150 valence electrons. The van der Waals surface area contributed by atoms with Crippen molar-refractivity contribution in [3.8, 4) is 6.07 Å². The summed E-state index contributed by atoms with van der Waals surface area (Å²) in [7, 11) is 1.97. The number of morpholine rings is 1. The predicted octanol–water partition coefficient (Wildman–Crippen LogP) is 5.43. The highest BCUT2D eigenvalue weighted by atomic mass is 35.5. The van der Waals surface area contributed by atoms with Crippen LogP contribution in [0.1, 0.15) is 22.4 Å². The second kappa shape index (κ2) is 8.55. The lowest BCUT2D eigenvalue weighted by atomic mass is 10.0. The van der Waals surface area contributed by atoms with Gasteiger partial charge in [0.1, 0.15) is 0 Å². The molecule has 0 atom stereocenters. The van der Waals surface area contributed by atoms with Gasteiger partial charge in [-0.1, -0.05) is 40.9 Å². The Bertz CT molecular complexity index is 1110. The van der Waals surface area contributed by atoms with Crippen LogP contribution in [-0.2, 0) is 24.8 Å². The molecule has 3 aromatic rings. The standard InChI is InChI=1S/C22H20Cl3N3O/c1-27-16(10-17-20(24)8-14(12-26)9-21(17)27)11-18-19(23)3-2-15(22(18)25)13-28-4-6-29-7-5-28/h2-3,8-10H,4-7,11,13H2,1H3. The first-order valence-electron chi connectivity index (χ1n) is 9.41. The van der Waals surface area contributed by atoms with Crippen molar-refractivity contribution >= 4 is 45.7 Å². The maximum Gasteiger partial charge on any atom is 0.0992 e. The van der Waals surface area contributed by atoms with Gasteiger partial charge in [-0.3, -0.25) is 4.90 Å². The summed E-state index contributed by atoms with van der Waals surface area (Å²) in [6, 6.07) is 11.7. The number of nitrogens with zero attached hydrogens (tertiary/aromatic N) is 3. The molecule has 7 heteroatoms. The molecule has 0 amide bonds. The molecule has 1 aliphatic heterocycles. The molecule has 1 aromatic heterocycles. The Morgan fingerprint density at radius 2 is 1.83 bits per heavy atom. The van der Waals surface area contributed by atoms with Gasteiger partial charge in [0, 0.05) is 49.2 Å². The summed E-state index contributed by atoms with van der Waals surface area (Å²) < 4.78 is 7.47. The van der Waals surface area contributed by atoms with Gasteiger partial charge >= 0.3 is 0 Å². The van der Waals surface area contributed by atoms with Crippen LogP contribution in [0.5, 0.6) is 0 Å². The summed E-state index contributed by atoms with van der Waals surface area (Å²) >= 11 is 19.7. The zero-order chi connectivity index (χ0) is 20.5. The van der Waals surface area contributed by atoms with Gasteiger partial charge in [-0.2, -0.15) is 5.26 Å². The SMILES string of the molecule is Cn1c(Cc2c(Cl)ccc(CN3CCOCC3)c2Cl)cc2c(Cl)cc(C#N)cc21. The molecular formula is C22H20Cl3N3O. The van der Waals surface area contributed by atoms with Crippen molar-refractivity contribution < 1.29 is 4.74 Å². The average Bonchev–Trinajstić information content (AvgIpc) is 3.04. The molecule has 1 saturated heterocycles. The lowest BCUT2D eigenvalue weighted by Gasteiger charge is -2.27.